The van der Waals surface area contributed by atoms with Gasteiger partial charge in [0, 0.05) is 19.2 Å². The zero-order valence-electron chi connectivity index (χ0n) is 8.16. The van der Waals surface area contributed by atoms with Crippen LogP contribution in [-0.2, 0) is 10.0 Å². The number of halogens is 1. The molecule has 0 aliphatic carbocycles. The molecule has 0 atom stereocenters. The van der Waals surface area contributed by atoms with Crippen LogP contribution in [0.1, 0.15) is 6.42 Å². The summed E-state index contributed by atoms with van der Waals surface area (Å²) in [5, 5.41) is -0.181. The van der Waals surface area contributed by atoms with Crippen molar-refractivity contribution in [2.45, 2.75) is 11.3 Å². The minimum Gasteiger partial charge on any atom is -0.326 e. The zero-order chi connectivity index (χ0) is 12.2. The van der Waals surface area contributed by atoms with Crippen LogP contribution in [-0.4, -0.2) is 19.9 Å². The molecule has 7 heteroatoms. The van der Waals surface area contributed by atoms with Gasteiger partial charge < -0.3 is 4.98 Å². The van der Waals surface area contributed by atoms with E-state index in [2.05, 4.69) is 15.6 Å². The SMILES string of the molecule is C#CCCNS(=O)(=O)c1c[nH]c(=O)c(Cl)c1. The molecule has 0 unspecified atom stereocenters. The second-order valence-electron chi connectivity index (χ2n) is 2.86. The Morgan fingerprint density at radius 1 is 1.56 bits per heavy atom. The Balaban J connectivity index is 2.95. The van der Waals surface area contributed by atoms with Crippen molar-refractivity contribution < 1.29 is 8.42 Å². The highest BCUT2D eigenvalue weighted by molar-refractivity contribution is 7.89. The Bertz CT molecular complexity index is 571. The fraction of sp³-hybridized carbons (Fsp3) is 0.222. The minimum atomic E-state index is -3.67. The van der Waals surface area contributed by atoms with Gasteiger partial charge in [0.2, 0.25) is 10.0 Å². The van der Waals surface area contributed by atoms with E-state index in [4.69, 9.17) is 18.0 Å². The summed E-state index contributed by atoms with van der Waals surface area (Å²) >= 11 is 5.51. The molecule has 1 heterocycles. The molecule has 5 nitrogen and oxygen atoms in total. The zero-order valence-corrected chi connectivity index (χ0v) is 9.73. The van der Waals surface area contributed by atoms with Gasteiger partial charge in [0.25, 0.3) is 5.56 Å². The Morgan fingerprint density at radius 2 is 2.25 bits per heavy atom. The molecule has 0 fully saturated rings. The number of pyridine rings is 1. The summed E-state index contributed by atoms with van der Waals surface area (Å²) in [6.45, 7) is 0.135. The number of terminal acetylenes is 1. The molecule has 0 amide bonds. The maximum atomic E-state index is 11.6. The van der Waals surface area contributed by atoms with Gasteiger partial charge in [-0.3, -0.25) is 4.79 Å². The largest absolute Gasteiger partial charge is 0.326 e. The van der Waals surface area contributed by atoms with Crippen molar-refractivity contribution in [3.05, 3.63) is 27.6 Å². The Labute approximate surface area is 97.9 Å². The number of aromatic amines is 1. The highest BCUT2D eigenvalue weighted by Gasteiger charge is 2.14. The van der Waals surface area contributed by atoms with Crippen LogP contribution >= 0.6 is 11.6 Å². The van der Waals surface area contributed by atoms with Gasteiger partial charge in [-0.05, 0) is 6.07 Å². The number of sulfonamides is 1. The summed E-state index contributed by atoms with van der Waals surface area (Å²) in [7, 11) is -3.67. The van der Waals surface area contributed by atoms with Crippen molar-refractivity contribution in [3.8, 4) is 12.3 Å². The smallest absolute Gasteiger partial charge is 0.266 e. The molecule has 0 saturated heterocycles. The first-order valence-corrected chi connectivity index (χ1v) is 6.15. The topological polar surface area (TPSA) is 79.0 Å². The number of rotatable bonds is 4. The van der Waals surface area contributed by atoms with Gasteiger partial charge in [-0.15, -0.1) is 12.3 Å². The predicted molar refractivity (Wildman–Crippen MR) is 60.7 cm³/mol. The average Bonchev–Trinajstić information content (AvgIpc) is 2.22. The Hall–Kier alpha value is -1.29. The first-order chi connectivity index (χ1) is 7.47. The van der Waals surface area contributed by atoms with E-state index in [1.54, 1.807) is 0 Å². The molecule has 1 rings (SSSR count). The molecule has 0 aliphatic heterocycles. The number of hydrogen-bond donors (Lipinski definition) is 2. The first kappa shape index (κ1) is 12.8. The predicted octanol–water partition coefficient (Wildman–Crippen LogP) is 0.330. The normalized spacial score (nSPS) is 11.0. The second kappa shape index (κ2) is 5.16. The van der Waals surface area contributed by atoms with Crippen molar-refractivity contribution in [2.24, 2.45) is 0 Å². The Kier molecular flexibility index (Phi) is 4.12. The van der Waals surface area contributed by atoms with E-state index < -0.39 is 15.6 Å². The summed E-state index contributed by atoms with van der Waals surface area (Å²) in [5.41, 5.74) is -0.538. The van der Waals surface area contributed by atoms with Crippen LogP contribution in [0.4, 0.5) is 0 Å². The molecular weight excluding hydrogens is 252 g/mol. The van der Waals surface area contributed by atoms with E-state index in [1.807, 2.05) is 0 Å². The summed E-state index contributed by atoms with van der Waals surface area (Å²) in [4.78, 5) is 13.0. The van der Waals surface area contributed by atoms with Crippen molar-refractivity contribution >= 4 is 21.6 Å². The van der Waals surface area contributed by atoms with E-state index in [1.165, 1.54) is 0 Å². The van der Waals surface area contributed by atoms with E-state index >= 15 is 0 Å². The summed E-state index contributed by atoms with van der Waals surface area (Å²) in [6.07, 6.45) is 6.35. The maximum absolute atomic E-state index is 11.6. The van der Waals surface area contributed by atoms with Gasteiger partial charge in [0.15, 0.2) is 0 Å². The quantitative estimate of drug-likeness (QED) is 0.605. The van der Waals surface area contributed by atoms with E-state index in [9.17, 15) is 13.2 Å². The van der Waals surface area contributed by atoms with Gasteiger partial charge >= 0.3 is 0 Å². The van der Waals surface area contributed by atoms with Crippen molar-refractivity contribution in [3.63, 3.8) is 0 Å². The third kappa shape index (κ3) is 3.10. The van der Waals surface area contributed by atoms with Crippen LogP contribution in [0.5, 0.6) is 0 Å². The maximum Gasteiger partial charge on any atom is 0.266 e. The Morgan fingerprint density at radius 3 is 2.81 bits per heavy atom. The standard InChI is InChI=1S/C9H9ClN2O3S/c1-2-3-4-12-16(14,15)7-5-8(10)9(13)11-6-7/h1,5-6,12H,3-4H2,(H,11,13). The molecule has 86 valence electrons. The van der Waals surface area contributed by atoms with E-state index in [0.717, 1.165) is 12.3 Å². The lowest BCUT2D eigenvalue weighted by Gasteiger charge is -2.04. The van der Waals surface area contributed by atoms with Crippen molar-refractivity contribution in [1.29, 1.82) is 0 Å². The molecular formula is C9H9ClN2O3S. The third-order valence-corrected chi connectivity index (χ3v) is 3.42. The van der Waals surface area contributed by atoms with Crippen LogP contribution in [0, 0.1) is 12.3 Å². The molecule has 1 aromatic rings. The number of H-pyrrole nitrogens is 1. The molecule has 0 radical (unpaired) electrons. The molecule has 1 aromatic heterocycles. The number of nitrogens with one attached hydrogen (secondary N) is 2. The molecule has 0 aromatic carbocycles. The first-order valence-electron chi connectivity index (χ1n) is 4.29. The summed E-state index contributed by atoms with van der Waals surface area (Å²) < 4.78 is 25.5. The fourth-order valence-electron chi connectivity index (χ4n) is 0.934. The van der Waals surface area contributed by atoms with Crippen LogP contribution in [0.3, 0.4) is 0 Å². The lowest BCUT2D eigenvalue weighted by Crippen LogP contribution is -2.25. The third-order valence-electron chi connectivity index (χ3n) is 1.70. The molecule has 16 heavy (non-hydrogen) atoms. The minimum absolute atomic E-state index is 0.103. The van der Waals surface area contributed by atoms with Gasteiger partial charge in [-0.1, -0.05) is 11.6 Å². The molecule has 2 N–H and O–H groups in total. The summed E-state index contributed by atoms with van der Waals surface area (Å²) in [5.74, 6) is 2.30. The van der Waals surface area contributed by atoms with Crippen LogP contribution in [0.25, 0.3) is 0 Å². The summed E-state index contributed by atoms with van der Waals surface area (Å²) in [6, 6.07) is 1.08. The van der Waals surface area contributed by atoms with Gasteiger partial charge in [-0.2, -0.15) is 0 Å². The molecule has 0 spiro atoms. The van der Waals surface area contributed by atoms with Gasteiger partial charge in [0.05, 0.1) is 4.90 Å². The van der Waals surface area contributed by atoms with Crippen LogP contribution in [0.2, 0.25) is 5.02 Å². The van der Waals surface area contributed by atoms with Crippen LogP contribution < -0.4 is 10.3 Å². The average molecular weight is 261 g/mol. The van der Waals surface area contributed by atoms with E-state index in [-0.39, 0.29) is 22.9 Å². The number of hydrogen-bond acceptors (Lipinski definition) is 3. The van der Waals surface area contributed by atoms with Gasteiger partial charge in [-0.25, -0.2) is 13.1 Å². The van der Waals surface area contributed by atoms with Crippen molar-refractivity contribution in [1.82, 2.24) is 9.71 Å². The molecule has 0 saturated carbocycles. The van der Waals surface area contributed by atoms with E-state index in [0.29, 0.717) is 0 Å². The lowest BCUT2D eigenvalue weighted by atomic mass is 10.5. The molecule has 0 aliphatic rings. The monoisotopic (exact) mass is 260 g/mol. The number of aromatic nitrogens is 1. The second-order valence-corrected chi connectivity index (χ2v) is 5.04. The fourth-order valence-corrected chi connectivity index (χ4v) is 2.20. The lowest BCUT2D eigenvalue weighted by molar-refractivity contribution is 0.582. The highest BCUT2D eigenvalue weighted by atomic mass is 35.5. The molecule has 0 bridgehead atoms. The van der Waals surface area contributed by atoms with Crippen LogP contribution in [0.15, 0.2) is 22.0 Å². The highest BCUT2D eigenvalue weighted by Crippen LogP contribution is 2.09. The van der Waals surface area contributed by atoms with Gasteiger partial charge in [0.1, 0.15) is 5.02 Å². The van der Waals surface area contributed by atoms with Crippen molar-refractivity contribution in [2.75, 3.05) is 6.54 Å².